The third-order valence-corrected chi connectivity index (χ3v) is 4.94. The topological polar surface area (TPSA) is 29.1 Å². The maximum absolute atomic E-state index is 13.5. The maximum atomic E-state index is 13.5. The average Bonchev–Trinajstić information content (AvgIpc) is 2.44. The molecular weight excluding hydrogens is 328 g/mol. The van der Waals surface area contributed by atoms with Gasteiger partial charge in [-0.3, -0.25) is 4.79 Å². The summed E-state index contributed by atoms with van der Waals surface area (Å²) < 4.78 is 27.1. The molecule has 0 aromatic heterocycles. The SMILES string of the molecule is O=C(Cc1c(F)cccc1F)NC1(CBr)CCCCC1. The highest BCUT2D eigenvalue weighted by molar-refractivity contribution is 9.09. The largest absolute Gasteiger partial charge is 0.350 e. The van der Waals surface area contributed by atoms with Gasteiger partial charge in [-0.15, -0.1) is 0 Å². The standard InChI is InChI=1S/C15H18BrF2NO/c16-10-15(7-2-1-3-8-15)19-14(20)9-11-12(17)5-4-6-13(11)18/h4-6H,1-3,7-10H2,(H,19,20). The number of carbonyl (C=O) groups is 1. The van der Waals surface area contributed by atoms with Gasteiger partial charge in [-0.25, -0.2) is 8.78 Å². The van der Waals surface area contributed by atoms with E-state index in [1.54, 1.807) is 0 Å². The number of benzene rings is 1. The summed E-state index contributed by atoms with van der Waals surface area (Å²) in [7, 11) is 0. The molecule has 1 amide bonds. The van der Waals surface area contributed by atoms with Crippen LogP contribution in [0, 0.1) is 11.6 Å². The Bertz CT molecular complexity index is 467. The fraction of sp³-hybridized carbons (Fsp3) is 0.533. The average molecular weight is 346 g/mol. The lowest BCUT2D eigenvalue weighted by molar-refractivity contribution is -0.122. The van der Waals surface area contributed by atoms with Gasteiger partial charge < -0.3 is 5.32 Å². The molecule has 0 unspecified atom stereocenters. The number of hydrogen-bond acceptors (Lipinski definition) is 1. The molecule has 0 spiro atoms. The van der Waals surface area contributed by atoms with Gasteiger partial charge >= 0.3 is 0 Å². The van der Waals surface area contributed by atoms with Gasteiger partial charge in [0.05, 0.1) is 6.42 Å². The fourth-order valence-electron chi connectivity index (χ4n) is 2.72. The van der Waals surface area contributed by atoms with Gasteiger partial charge in [0, 0.05) is 16.4 Å². The van der Waals surface area contributed by atoms with Gasteiger partial charge in [0.15, 0.2) is 0 Å². The van der Waals surface area contributed by atoms with Crippen LogP contribution in [0.1, 0.15) is 37.7 Å². The van der Waals surface area contributed by atoms with Crippen molar-refractivity contribution in [2.75, 3.05) is 5.33 Å². The fourth-order valence-corrected chi connectivity index (χ4v) is 3.42. The monoisotopic (exact) mass is 345 g/mol. The molecule has 0 aliphatic heterocycles. The highest BCUT2D eigenvalue weighted by atomic mass is 79.9. The number of alkyl halides is 1. The first-order chi connectivity index (χ1) is 9.56. The van der Waals surface area contributed by atoms with Crippen LogP contribution in [0.3, 0.4) is 0 Å². The van der Waals surface area contributed by atoms with Crippen LogP contribution < -0.4 is 5.32 Å². The maximum Gasteiger partial charge on any atom is 0.225 e. The minimum absolute atomic E-state index is 0.162. The molecule has 110 valence electrons. The molecule has 1 saturated carbocycles. The van der Waals surface area contributed by atoms with Crippen LogP contribution in [0.4, 0.5) is 8.78 Å². The van der Waals surface area contributed by atoms with Crippen LogP contribution >= 0.6 is 15.9 Å². The molecule has 0 radical (unpaired) electrons. The lowest BCUT2D eigenvalue weighted by Crippen LogP contribution is -2.51. The Morgan fingerprint density at radius 3 is 2.35 bits per heavy atom. The van der Waals surface area contributed by atoms with E-state index in [1.165, 1.54) is 24.6 Å². The third-order valence-electron chi connectivity index (χ3n) is 3.87. The molecule has 1 aliphatic rings. The molecule has 1 fully saturated rings. The summed E-state index contributed by atoms with van der Waals surface area (Å²) in [6, 6.07) is 3.65. The molecule has 5 heteroatoms. The number of nitrogens with one attached hydrogen (secondary N) is 1. The second-order valence-corrected chi connectivity index (χ2v) is 5.96. The van der Waals surface area contributed by atoms with Crippen molar-refractivity contribution >= 4 is 21.8 Å². The lowest BCUT2D eigenvalue weighted by Gasteiger charge is -2.36. The molecule has 2 rings (SSSR count). The Morgan fingerprint density at radius 1 is 1.20 bits per heavy atom. The van der Waals surface area contributed by atoms with E-state index in [2.05, 4.69) is 21.2 Å². The van der Waals surface area contributed by atoms with Gasteiger partial charge in [-0.2, -0.15) is 0 Å². The number of rotatable bonds is 4. The number of hydrogen-bond donors (Lipinski definition) is 1. The zero-order valence-electron chi connectivity index (χ0n) is 11.2. The van der Waals surface area contributed by atoms with Crippen molar-refractivity contribution in [3.63, 3.8) is 0 Å². The molecule has 20 heavy (non-hydrogen) atoms. The second kappa shape index (κ2) is 6.66. The van der Waals surface area contributed by atoms with E-state index in [0.29, 0.717) is 5.33 Å². The molecule has 0 heterocycles. The van der Waals surface area contributed by atoms with Crippen molar-refractivity contribution in [1.29, 1.82) is 0 Å². The zero-order chi connectivity index (χ0) is 14.6. The summed E-state index contributed by atoms with van der Waals surface area (Å²) >= 11 is 3.45. The molecule has 1 aliphatic carbocycles. The van der Waals surface area contributed by atoms with E-state index in [1.807, 2.05) is 0 Å². The Kier molecular flexibility index (Phi) is 5.13. The van der Waals surface area contributed by atoms with Crippen molar-refractivity contribution < 1.29 is 13.6 Å². The highest BCUT2D eigenvalue weighted by Gasteiger charge is 2.32. The van der Waals surface area contributed by atoms with Crippen molar-refractivity contribution in [1.82, 2.24) is 5.32 Å². The normalized spacial score (nSPS) is 17.8. The summed E-state index contributed by atoms with van der Waals surface area (Å²) in [4.78, 5) is 12.1. The van der Waals surface area contributed by atoms with E-state index in [4.69, 9.17) is 0 Å². The predicted molar refractivity (Wildman–Crippen MR) is 77.8 cm³/mol. The number of carbonyl (C=O) groups excluding carboxylic acids is 1. The minimum atomic E-state index is -0.670. The third kappa shape index (κ3) is 3.57. The summed E-state index contributed by atoms with van der Waals surface area (Å²) in [5.74, 6) is -1.66. The van der Waals surface area contributed by atoms with Crippen molar-refractivity contribution in [3.05, 3.63) is 35.4 Å². The molecule has 1 aromatic rings. The van der Waals surface area contributed by atoms with Crippen molar-refractivity contribution in [2.45, 2.75) is 44.1 Å². The highest BCUT2D eigenvalue weighted by Crippen LogP contribution is 2.30. The van der Waals surface area contributed by atoms with Crippen LogP contribution in [0.25, 0.3) is 0 Å². The molecule has 0 atom stereocenters. The van der Waals surface area contributed by atoms with E-state index in [-0.39, 0.29) is 23.4 Å². The van der Waals surface area contributed by atoms with Crippen LogP contribution in [-0.4, -0.2) is 16.8 Å². The smallest absolute Gasteiger partial charge is 0.225 e. The summed E-state index contributed by atoms with van der Waals surface area (Å²) in [6.45, 7) is 0. The first-order valence-electron chi connectivity index (χ1n) is 6.86. The first kappa shape index (κ1) is 15.4. The summed E-state index contributed by atoms with van der Waals surface area (Å²) in [5.41, 5.74) is -0.428. The Labute approximate surface area is 126 Å². The van der Waals surface area contributed by atoms with E-state index in [9.17, 15) is 13.6 Å². The summed E-state index contributed by atoms with van der Waals surface area (Å²) in [6.07, 6.45) is 4.87. The molecule has 2 nitrogen and oxygen atoms in total. The van der Waals surface area contributed by atoms with Gasteiger partial charge in [0.25, 0.3) is 0 Å². The van der Waals surface area contributed by atoms with Crippen LogP contribution in [0.5, 0.6) is 0 Å². The molecule has 0 bridgehead atoms. The van der Waals surface area contributed by atoms with Crippen molar-refractivity contribution in [2.24, 2.45) is 0 Å². The Morgan fingerprint density at radius 2 is 1.80 bits per heavy atom. The van der Waals surface area contributed by atoms with Gasteiger partial charge in [-0.05, 0) is 25.0 Å². The predicted octanol–water partition coefficient (Wildman–Crippen LogP) is 3.72. The van der Waals surface area contributed by atoms with Crippen LogP contribution in [0.2, 0.25) is 0 Å². The number of amides is 1. The first-order valence-corrected chi connectivity index (χ1v) is 7.98. The van der Waals surface area contributed by atoms with Gasteiger partial charge in [0.2, 0.25) is 5.91 Å². The van der Waals surface area contributed by atoms with E-state index < -0.39 is 11.6 Å². The van der Waals surface area contributed by atoms with E-state index in [0.717, 1.165) is 25.7 Å². The Balaban J connectivity index is 2.05. The molecule has 0 saturated heterocycles. The van der Waals surface area contributed by atoms with Crippen LogP contribution in [0.15, 0.2) is 18.2 Å². The van der Waals surface area contributed by atoms with E-state index >= 15 is 0 Å². The molecule has 1 aromatic carbocycles. The Hall–Kier alpha value is -0.970. The van der Waals surface area contributed by atoms with Crippen LogP contribution in [-0.2, 0) is 11.2 Å². The summed E-state index contributed by atoms with van der Waals surface area (Å²) in [5, 5.41) is 3.64. The quantitative estimate of drug-likeness (QED) is 0.828. The lowest BCUT2D eigenvalue weighted by atomic mass is 9.83. The van der Waals surface area contributed by atoms with Crippen molar-refractivity contribution in [3.8, 4) is 0 Å². The molecular formula is C15H18BrF2NO. The zero-order valence-corrected chi connectivity index (χ0v) is 12.8. The molecule has 1 N–H and O–H groups in total. The second-order valence-electron chi connectivity index (χ2n) is 5.40. The number of halogens is 3. The van der Waals surface area contributed by atoms with Gasteiger partial charge in [0.1, 0.15) is 11.6 Å². The van der Waals surface area contributed by atoms with Gasteiger partial charge in [-0.1, -0.05) is 41.3 Å². The minimum Gasteiger partial charge on any atom is -0.350 e.